The van der Waals surface area contributed by atoms with Crippen LogP contribution in [0.3, 0.4) is 0 Å². The highest BCUT2D eigenvalue weighted by Gasteiger charge is 2.29. The van der Waals surface area contributed by atoms with Crippen molar-refractivity contribution in [1.82, 2.24) is 9.78 Å². The molecule has 1 aliphatic carbocycles. The quantitative estimate of drug-likeness (QED) is 0.433. The van der Waals surface area contributed by atoms with Crippen LogP contribution in [0, 0.1) is 0 Å². The number of anilines is 1. The van der Waals surface area contributed by atoms with Crippen molar-refractivity contribution in [3.05, 3.63) is 93.9 Å². The van der Waals surface area contributed by atoms with Crippen molar-refractivity contribution >= 4 is 29.1 Å². The highest BCUT2D eigenvalue weighted by molar-refractivity contribution is 7.13. The average molecular weight is 446 g/mol. The van der Waals surface area contributed by atoms with Gasteiger partial charge >= 0.3 is 12.1 Å². The first-order valence-corrected chi connectivity index (χ1v) is 10.9. The number of benzene rings is 2. The van der Waals surface area contributed by atoms with Gasteiger partial charge in [-0.25, -0.2) is 9.59 Å². The van der Waals surface area contributed by atoms with Gasteiger partial charge < -0.3 is 9.84 Å². The van der Waals surface area contributed by atoms with Crippen LogP contribution < -0.4 is 5.32 Å². The number of thiophene rings is 1. The van der Waals surface area contributed by atoms with Gasteiger partial charge in [0.25, 0.3) is 0 Å². The lowest BCUT2D eigenvalue weighted by molar-refractivity contribution is 0.0702. The van der Waals surface area contributed by atoms with E-state index in [4.69, 9.17) is 9.84 Å². The molecule has 0 unspecified atom stereocenters. The Kier molecular flexibility index (Phi) is 5.20. The SMILES string of the molecule is O=C(Nc1cnn(Cc2ccc(C(=O)O)s2)c1)OCC1c2ccccc2-c2ccccc21. The van der Waals surface area contributed by atoms with Crippen LogP contribution in [0.2, 0.25) is 0 Å². The third-order valence-electron chi connectivity index (χ3n) is 5.41. The molecule has 2 aromatic carbocycles. The Balaban J connectivity index is 1.21. The molecule has 2 N–H and O–H groups in total. The Labute approximate surface area is 187 Å². The largest absolute Gasteiger partial charge is 0.477 e. The standard InChI is InChI=1S/C24H19N3O4S/c28-23(29)22-10-9-16(32-22)13-27-12-15(11-25-27)26-24(30)31-14-21-19-7-3-1-5-17(19)18-6-2-4-8-20(18)21/h1-12,21H,13-14H2,(H,26,30)(H,28,29). The van der Waals surface area contributed by atoms with E-state index in [1.165, 1.54) is 28.7 Å². The number of carboxylic acid groups (broad SMARTS) is 1. The van der Waals surface area contributed by atoms with Crippen LogP contribution in [0.1, 0.15) is 31.6 Å². The summed E-state index contributed by atoms with van der Waals surface area (Å²) in [5, 5.41) is 16.0. The maximum absolute atomic E-state index is 12.4. The second-order valence-electron chi connectivity index (χ2n) is 7.45. The summed E-state index contributed by atoms with van der Waals surface area (Å²) >= 11 is 1.20. The molecule has 0 saturated heterocycles. The molecule has 0 spiro atoms. The van der Waals surface area contributed by atoms with Crippen molar-refractivity contribution in [3.63, 3.8) is 0 Å². The fourth-order valence-electron chi connectivity index (χ4n) is 4.00. The predicted molar refractivity (Wildman–Crippen MR) is 121 cm³/mol. The molecule has 0 atom stereocenters. The van der Waals surface area contributed by atoms with Gasteiger partial charge in [-0.3, -0.25) is 10.00 Å². The van der Waals surface area contributed by atoms with Gasteiger partial charge in [0.15, 0.2) is 0 Å². The van der Waals surface area contributed by atoms with Gasteiger partial charge in [-0.2, -0.15) is 5.10 Å². The Morgan fingerprint density at radius 2 is 1.72 bits per heavy atom. The molecule has 0 bridgehead atoms. The van der Waals surface area contributed by atoms with E-state index in [1.54, 1.807) is 23.0 Å². The van der Waals surface area contributed by atoms with E-state index in [-0.39, 0.29) is 17.4 Å². The number of nitrogens with zero attached hydrogens (tertiary/aromatic N) is 2. The molecule has 1 amide bonds. The van der Waals surface area contributed by atoms with Crippen molar-refractivity contribution in [2.45, 2.75) is 12.5 Å². The summed E-state index contributed by atoms with van der Waals surface area (Å²) in [6.07, 6.45) is 2.67. The Bertz CT molecular complexity index is 1260. The topological polar surface area (TPSA) is 93.5 Å². The van der Waals surface area contributed by atoms with E-state index in [0.29, 0.717) is 12.2 Å². The second kappa shape index (κ2) is 8.32. The first-order chi connectivity index (χ1) is 15.6. The van der Waals surface area contributed by atoms with Crippen molar-refractivity contribution < 1.29 is 19.4 Å². The average Bonchev–Trinajstić information content (AvgIpc) is 3.51. The number of hydrogen-bond acceptors (Lipinski definition) is 5. The summed E-state index contributed by atoms with van der Waals surface area (Å²) in [6, 6.07) is 19.7. The monoisotopic (exact) mass is 445 g/mol. The Morgan fingerprint density at radius 3 is 2.38 bits per heavy atom. The lowest BCUT2D eigenvalue weighted by atomic mass is 9.98. The molecule has 2 aromatic heterocycles. The minimum atomic E-state index is -0.945. The smallest absolute Gasteiger partial charge is 0.411 e. The zero-order valence-corrected chi connectivity index (χ0v) is 17.7. The maximum Gasteiger partial charge on any atom is 0.411 e. The Hall–Kier alpha value is -3.91. The van der Waals surface area contributed by atoms with Crippen LogP contribution in [-0.2, 0) is 11.3 Å². The number of hydrogen-bond donors (Lipinski definition) is 2. The van der Waals surface area contributed by atoms with Crippen LogP contribution in [0.15, 0.2) is 73.1 Å². The zero-order valence-electron chi connectivity index (χ0n) is 16.9. The van der Waals surface area contributed by atoms with Crippen LogP contribution in [0.4, 0.5) is 10.5 Å². The number of carbonyl (C=O) groups is 2. The number of aromatic nitrogens is 2. The van der Waals surface area contributed by atoms with Crippen LogP contribution in [0.25, 0.3) is 11.1 Å². The molecule has 2 heterocycles. The lowest BCUT2D eigenvalue weighted by Gasteiger charge is -2.14. The lowest BCUT2D eigenvalue weighted by Crippen LogP contribution is -2.17. The molecular weight excluding hydrogens is 426 g/mol. The van der Waals surface area contributed by atoms with Crippen molar-refractivity contribution in [3.8, 4) is 11.1 Å². The summed E-state index contributed by atoms with van der Waals surface area (Å²) in [6.45, 7) is 0.658. The fourth-order valence-corrected chi connectivity index (χ4v) is 4.84. The second-order valence-corrected chi connectivity index (χ2v) is 8.62. The number of aromatic carboxylic acids is 1. The molecule has 8 heteroatoms. The summed E-state index contributed by atoms with van der Waals surface area (Å²) in [5.41, 5.74) is 5.19. The van der Waals surface area contributed by atoms with Gasteiger partial charge in [-0.15, -0.1) is 11.3 Å². The molecular formula is C24H19N3O4S. The van der Waals surface area contributed by atoms with E-state index in [1.807, 2.05) is 24.3 Å². The number of nitrogens with one attached hydrogen (secondary N) is 1. The minimum absolute atomic E-state index is 0.00173. The third kappa shape index (κ3) is 3.88. The van der Waals surface area contributed by atoms with Gasteiger partial charge in [0.05, 0.1) is 18.4 Å². The van der Waals surface area contributed by atoms with Crippen LogP contribution in [0.5, 0.6) is 0 Å². The van der Waals surface area contributed by atoms with Gasteiger partial charge in [0.1, 0.15) is 11.5 Å². The first-order valence-electron chi connectivity index (χ1n) is 10.0. The van der Waals surface area contributed by atoms with Gasteiger partial charge in [0.2, 0.25) is 0 Å². The van der Waals surface area contributed by atoms with Crippen LogP contribution in [-0.4, -0.2) is 33.6 Å². The van der Waals surface area contributed by atoms with Crippen molar-refractivity contribution in [2.24, 2.45) is 0 Å². The number of ether oxygens (including phenoxy) is 1. The summed E-state index contributed by atoms with van der Waals surface area (Å²) < 4.78 is 7.19. The van der Waals surface area contributed by atoms with Gasteiger partial charge in [0, 0.05) is 17.0 Å². The molecule has 4 aromatic rings. The van der Waals surface area contributed by atoms with E-state index in [0.717, 1.165) is 16.0 Å². The normalized spacial score (nSPS) is 12.2. The molecule has 160 valence electrons. The molecule has 0 radical (unpaired) electrons. The molecule has 5 rings (SSSR count). The summed E-state index contributed by atoms with van der Waals surface area (Å²) in [5.74, 6) is -0.947. The van der Waals surface area contributed by atoms with Crippen molar-refractivity contribution in [2.75, 3.05) is 11.9 Å². The minimum Gasteiger partial charge on any atom is -0.477 e. The zero-order chi connectivity index (χ0) is 22.1. The van der Waals surface area contributed by atoms with Gasteiger partial charge in [-0.05, 0) is 34.4 Å². The predicted octanol–water partition coefficient (Wildman–Crippen LogP) is 5.05. The molecule has 32 heavy (non-hydrogen) atoms. The van der Waals surface area contributed by atoms with Crippen LogP contribution >= 0.6 is 11.3 Å². The summed E-state index contributed by atoms with van der Waals surface area (Å²) in [4.78, 5) is 24.6. The van der Waals surface area contributed by atoms with Crippen molar-refractivity contribution in [1.29, 1.82) is 0 Å². The van der Waals surface area contributed by atoms with E-state index >= 15 is 0 Å². The number of carboxylic acids is 1. The molecule has 1 aliphatic rings. The fraction of sp³-hybridized carbons (Fsp3) is 0.125. The maximum atomic E-state index is 12.4. The molecule has 0 fully saturated rings. The Morgan fingerprint density at radius 1 is 1.03 bits per heavy atom. The third-order valence-corrected chi connectivity index (χ3v) is 6.47. The number of amides is 1. The molecule has 7 nitrogen and oxygen atoms in total. The number of carbonyl (C=O) groups excluding carboxylic acids is 1. The number of fused-ring (bicyclic) bond motifs is 3. The van der Waals surface area contributed by atoms with E-state index in [9.17, 15) is 9.59 Å². The van der Waals surface area contributed by atoms with Gasteiger partial charge in [-0.1, -0.05) is 48.5 Å². The van der Waals surface area contributed by atoms with E-state index in [2.05, 4.69) is 34.7 Å². The summed E-state index contributed by atoms with van der Waals surface area (Å²) in [7, 11) is 0. The van der Waals surface area contributed by atoms with E-state index < -0.39 is 12.1 Å². The highest BCUT2D eigenvalue weighted by Crippen LogP contribution is 2.44. The number of rotatable bonds is 6. The molecule has 0 saturated carbocycles. The first kappa shape index (κ1) is 20.0. The molecule has 0 aliphatic heterocycles. The highest BCUT2D eigenvalue weighted by atomic mass is 32.1.